The van der Waals surface area contributed by atoms with E-state index < -0.39 is 5.82 Å². The van der Waals surface area contributed by atoms with Gasteiger partial charge in [-0.2, -0.15) is 5.26 Å². The number of nitrogens with zero attached hydrogens (tertiary/aromatic N) is 2. The van der Waals surface area contributed by atoms with Crippen LogP contribution < -0.4 is 5.32 Å². The van der Waals surface area contributed by atoms with Crippen molar-refractivity contribution >= 4 is 5.69 Å². The van der Waals surface area contributed by atoms with Crippen LogP contribution in [0.25, 0.3) is 0 Å². The summed E-state index contributed by atoms with van der Waals surface area (Å²) in [4.78, 5) is 3.98. The predicted molar refractivity (Wildman–Crippen MR) is 62.7 cm³/mol. The molecule has 84 valence electrons. The first-order chi connectivity index (χ1) is 8.28. The second kappa shape index (κ2) is 5.08. The molecule has 0 saturated heterocycles. The number of hydrogen-bond donors (Lipinski definition) is 1. The molecule has 0 unspecified atom stereocenters. The summed E-state index contributed by atoms with van der Waals surface area (Å²) in [6.45, 7) is 0.544. The molecule has 4 heteroatoms. The molecule has 0 radical (unpaired) electrons. The maximum absolute atomic E-state index is 13.1. The summed E-state index contributed by atoms with van der Waals surface area (Å²) in [6.07, 6.45) is 3.43. The molecule has 0 aliphatic rings. The van der Waals surface area contributed by atoms with Crippen LogP contribution in [0.2, 0.25) is 0 Å². The Bertz CT molecular complexity index is 546. The molecule has 1 aromatic heterocycles. The van der Waals surface area contributed by atoms with E-state index in [-0.39, 0.29) is 0 Å². The number of hydrogen-bond acceptors (Lipinski definition) is 3. The minimum atomic E-state index is -0.419. The first-order valence-electron chi connectivity index (χ1n) is 5.11. The first kappa shape index (κ1) is 11.1. The van der Waals surface area contributed by atoms with Gasteiger partial charge in [-0.15, -0.1) is 0 Å². The van der Waals surface area contributed by atoms with Crippen molar-refractivity contribution in [3.63, 3.8) is 0 Å². The van der Waals surface area contributed by atoms with E-state index in [2.05, 4.69) is 10.3 Å². The molecule has 0 saturated carbocycles. The highest BCUT2D eigenvalue weighted by molar-refractivity contribution is 5.49. The summed E-state index contributed by atoms with van der Waals surface area (Å²) in [5, 5.41) is 11.8. The summed E-state index contributed by atoms with van der Waals surface area (Å²) in [7, 11) is 0. The lowest BCUT2D eigenvalue weighted by molar-refractivity contribution is 0.627. The second-order valence-corrected chi connectivity index (χ2v) is 3.56. The largest absolute Gasteiger partial charge is 0.381 e. The Labute approximate surface area is 98.5 Å². The van der Waals surface area contributed by atoms with E-state index in [0.717, 1.165) is 5.56 Å². The number of benzene rings is 1. The van der Waals surface area contributed by atoms with Gasteiger partial charge in [0.25, 0.3) is 0 Å². The molecule has 3 nitrogen and oxygen atoms in total. The average Bonchev–Trinajstić information content (AvgIpc) is 2.37. The van der Waals surface area contributed by atoms with Gasteiger partial charge in [-0.05, 0) is 29.8 Å². The molecule has 0 atom stereocenters. The van der Waals surface area contributed by atoms with Crippen LogP contribution >= 0.6 is 0 Å². The standard InChI is InChI=1S/C13H10FN3/c14-12-4-11(7-15)5-13(6-12)17-9-10-2-1-3-16-8-10/h1-6,8,17H,9H2. The van der Waals surface area contributed by atoms with E-state index in [1.165, 1.54) is 12.1 Å². The van der Waals surface area contributed by atoms with Crippen LogP contribution in [0.15, 0.2) is 42.7 Å². The molecule has 17 heavy (non-hydrogen) atoms. The van der Waals surface area contributed by atoms with E-state index in [0.29, 0.717) is 17.8 Å². The molecule has 0 amide bonds. The molecular weight excluding hydrogens is 217 g/mol. The number of aromatic nitrogens is 1. The number of halogens is 1. The van der Waals surface area contributed by atoms with Gasteiger partial charge in [0.15, 0.2) is 0 Å². The van der Waals surface area contributed by atoms with Gasteiger partial charge in [-0.25, -0.2) is 4.39 Å². The maximum Gasteiger partial charge on any atom is 0.126 e. The van der Waals surface area contributed by atoms with Gasteiger partial charge in [0.1, 0.15) is 5.82 Å². The van der Waals surface area contributed by atoms with Crippen LogP contribution in [-0.4, -0.2) is 4.98 Å². The number of nitrogens with one attached hydrogen (secondary N) is 1. The fourth-order valence-corrected chi connectivity index (χ4v) is 1.46. The van der Waals surface area contributed by atoms with Gasteiger partial charge in [0, 0.05) is 24.6 Å². The monoisotopic (exact) mass is 227 g/mol. The van der Waals surface area contributed by atoms with E-state index >= 15 is 0 Å². The molecule has 0 bridgehead atoms. The fraction of sp³-hybridized carbons (Fsp3) is 0.0769. The molecular formula is C13H10FN3. The summed E-state index contributed by atoms with van der Waals surface area (Å²) in [5.74, 6) is -0.419. The van der Waals surface area contributed by atoms with Crippen LogP contribution in [-0.2, 0) is 6.54 Å². The number of rotatable bonds is 3. The average molecular weight is 227 g/mol. The van der Waals surface area contributed by atoms with Crippen molar-refractivity contribution in [1.29, 1.82) is 5.26 Å². The first-order valence-corrected chi connectivity index (χ1v) is 5.11. The number of pyridine rings is 1. The normalized spacial score (nSPS) is 9.65. The van der Waals surface area contributed by atoms with Crippen LogP contribution in [0, 0.1) is 17.1 Å². The highest BCUT2D eigenvalue weighted by Gasteiger charge is 2.00. The van der Waals surface area contributed by atoms with Gasteiger partial charge in [-0.3, -0.25) is 4.98 Å². The van der Waals surface area contributed by atoms with E-state index in [1.54, 1.807) is 18.5 Å². The summed E-state index contributed by atoms with van der Waals surface area (Å²) < 4.78 is 13.1. The SMILES string of the molecule is N#Cc1cc(F)cc(NCc2cccnc2)c1. The molecule has 0 aliphatic carbocycles. The Hall–Kier alpha value is -2.41. The van der Waals surface area contributed by atoms with Crippen molar-refractivity contribution < 1.29 is 4.39 Å². The molecule has 0 aliphatic heterocycles. The summed E-state index contributed by atoms with van der Waals surface area (Å²) in [5.41, 5.74) is 1.89. The molecule has 1 aromatic carbocycles. The van der Waals surface area contributed by atoms with Gasteiger partial charge in [-0.1, -0.05) is 6.07 Å². The molecule has 2 rings (SSSR count). The maximum atomic E-state index is 13.1. The highest BCUT2D eigenvalue weighted by atomic mass is 19.1. The lowest BCUT2D eigenvalue weighted by Gasteiger charge is -2.06. The number of anilines is 1. The van der Waals surface area contributed by atoms with Gasteiger partial charge in [0.2, 0.25) is 0 Å². The Morgan fingerprint density at radius 1 is 1.35 bits per heavy atom. The van der Waals surface area contributed by atoms with E-state index in [4.69, 9.17) is 5.26 Å². The van der Waals surface area contributed by atoms with Gasteiger partial charge in [0.05, 0.1) is 11.6 Å². The Kier molecular flexibility index (Phi) is 3.31. The third-order valence-electron chi connectivity index (χ3n) is 2.25. The zero-order valence-electron chi connectivity index (χ0n) is 9.02. The van der Waals surface area contributed by atoms with E-state index in [9.17, 15) is 4.39 Å². The molecule has 2 aromatic rings. The lowest BCUT2D eigenvalue weighted by atomic mass is 10.2. The van der Waals surface area contributed by atoms with Crippen LogP contribution in [0.1, 0.15) is 11.1 Å². The third kappa shape index (κ3) is 3.02. The third-order valence-corrected chi connectivity index (χ3v) is 2.25. The van der Waals surface area contributed by atoms with Crippen molar-refractivity contribution in [2.75, 3.05) is 5.32 Å². The minimum Gasteiger partial charge on any atom is -0.381 e. The Morgan fingerprint density at radius 2 is 2.24 bits per heavy atom. The minimum absolute atomic E-state index is 0.304. The van der Waals surface area contributed by atoms with Crippen molar-refractivity contribution in [3.8, 4) is 6.07 Å². The zero-order chi connectivity index (χ0) is 12.1. The van der Waals surface area contributed by atoms with Crippen LogP contribution in [0.3, 0.4) is 0 Å². The van der Waals surface area contributed by atoms with Crippen molar-refractivity contribution in [2.45, 2.75) is 6.54 Å². The Balaban J connectivity index is 2.10. The summed E-state index contributed by atoms with van der Waals surface area (Å²) >= 11 is 0. The van der Waals surface area contributed by atoms with Gasteiger partial charge >= 0.3 is 0 Å². The quantitative estimate of drug-likeness (QED) is 0.877. The molecule has 0 spiro atoms. The van der Waals surface area contributed by atoms with Crippen LogP contribution in [0.5, 0.6) is 0 Å². The van der Waals surface area contributed by atoms with Gasteiger partial charge < -0.3 is 5.32 Å². The predicted octanol–water partition coefficient (Wildman–Crippen LogP) is 2.70. The molecule has 1 heterocycles. The zero-order valence-corrected chi connectivity index (χ0v) is 9.02. The van der Waals surface area contributed by atoms with Crippen molar-refractivity contribution in [2.24, 2.45) is 0 Å². The van der Waals surface area contributed by atoms with Crippen molar-refractivity contribution in [3.05, 3.63) is 59.7 Å². The summed E-state index contributed by atoms with van der Waals surface area (Å²) in [6, 6.07) is 9.84. The second-order valence-electron chi connectivity index (χ2n) is 3.56. The highest BCUT2D eigenvalue weighted by Crippen LogP contribution is 2.14. The number of nitriles is 1. The topological polar surface area (TPSA) is 48.7 Å². The smallest absolute Gasteiger partial charge is 0.126 e. The van der Waals surface area contributed by atoms with E-state index in [1.807, 2.05) is 18.2 Å². The van der Waals surface area contributed by atoms with Crippen molar-refractivity contribution in [1.82, 2.24) is 4.98 Å². The molecule has 0 fully saturated rings. The molecule has 1 N–H and O–H groups in total. The fourth-order valence-electron chi connectivity index (χ4n) is 1.46. The Morgan fingerprint density at radius 3 is 2.94 bits per heavy atom. The van der Waals surface area contributed by atoms with Crippen LogP contribution in [0.4, 0.5) is 10.1 Å². The lowest BCUT2D eigenvalue weighted by Crippen LogP contribution is -2.00.